The summed E-state index contributed by atoms with van der Waals surface area (Å²) >= 11 is 7.89. The van der Waals surface area contributed by atoms with Crippen LogP contribution >= 0.6 is 22.9 Å². The molecule has 47 heavy (non-hydrogen) atoms. The van der Waals surface area contributed by atoms with Crippen LogP contribution in [0.2, 0.25) is 5.02 Å². The molecule has 3 amide bonds. The van der Waals surface area contributed by atoms with Crippen molar-refractivity contribution in [3.05, 3.63) is 92.3 Å². The van der Waals surface area contributed by atoms with Crippen LogP contribution in [0.4, 0.5) is 14.9 Å². The molecule has 0 spiro atoms. The molecule has 1 aromatic heterocycles. The van der Waals surface area contributed by atoms with Crippen LogP contribution in [-0.4, -0.2) is 90.4 Å². The van der Waals surface area contributed by atoms with Gasteiger partial charge in [0.05, 0.1) is 25.1 Å². The lowest BCUT2D eigenvalue weighted by molar-refractivity contribution is -0.136. The first kappa shape index (κ1) is 31.3. The molecule has 2 aromatic carbocycles. The SMILES string of the molecule is COC(=O)C1=C(CN2CCN3C(=O)N(c4ccc(CC(=O)NC5CC5)cc4)C[C@@H]3C2)NC(c2nccs2)=N[C@H]1c1ccc(F)cc1Cl. The van der Waals surface area contributed by atoms with E-state index in [2.05, 4.69) is 20.5 Å². The zero-order chi connectivity index (χ0) is 32.7. The van der Waals surface area contributed by atoms with E-state index in [4.69, 9.17) is 21.3 Å². The van der Waals surface area contributed by atoms with E-state index >= 15 is 0 Å². The maximum Gasteiger partial charge on any atom is 0.338 e. The summed E-state index contributed by atoms with van der Waals surface area (Å²) in [7, 11) is 1.31. The number of fused-ring (bicyclic) bond motifs is 1. The van der Waals surface area contributed by atoms with E-state index in [-0.39, 0.29) is 28.6 Å². The summed E-state index contributed by atoms with van der Waals surface area (Å²) in [6.45, 7) is 2.53. The van der Waals surface area contributed by atoms with Crippen LogP contribution in [-0.2, 0) is 20.7 Å². The van der Waals surface area contributed by atoms with Crippen LogP contribution in [0, 0.1) is 5.82 Å². The van der Waals surface area contributed by atoms with Crippen LogP contribution in [0.25, 0.3) is 0 Å². The molecular weight excluding hydrogens is 645 g/mol. The van der Waals surface area contributed by atoms with Gasteiger partial charge in [-0.25, -0.2) is 19.0 Å². The summed E-state index contributed by atoms with van der Waals surface area (Å²) in [4.78, 5) is 54.1. The number of hydrogen-bond acceptors (Lipinski definition) is 9. The Bertz CT molecular complexity index is 1760. The summed E-state index contributed by atoms with van der Waals surface area (Å²) in [6, 6.07) is 11.0. The van der Waals surface area contributed by atoms with E-state index < -0.39 is 17.8 Å². The Hall–Kier alpha value is -4.33. The maximum atomic E-state index is 14.0. The Morgan fingerprint density at radius 3 is 2.66 bits per heavy atom. The van der Waals surface area contributed by atoms with Gasteiger partial charge in [0.1, 0.15) is 11.9 Å². The van der Waals surface area contributed by atoms with E-state index in [1.54, 1.807) is 11.1 Å². The first-order valence-corrected chi connectivity index (χ1v) is 16.7. The summed E-state index contributed by atoms with van der Waals surface area (Å²) in [5.41, 5.74) is 3.02. The van der Waals surface area contributed by atoms with Crippen molar-refractivity contribution in [1.82, 2.24) is 25.4 Å². The van der Waals surface area contributed by atoms with Gasteiger partial charge in [0, 0.05) is 72.3 Å². The number of halogens is 2. The Morgan fingerprint density at radius 1 is 1.15 bits per heavy atom. The Balaban J connectivity index is 1.10. The van der Waals surface area contributed by atoms with Gasteiger partial charge in [-0.3, -0.25) is 19.6 Å². The molecule has 3 aromatic rings. The van der Waals surface area contributed by atoms with Crippen molar-refractivity contribution in [1.29, 1.82) is 0 Å². The average molecular weight is 678 g/mol. The molecule has 11 nitrogen and oxygen atoms in total. The second-order valence-corrected chi connectivity index (χ2v) is 13.4. The number of nitrogens with zero attached hydrogens (tertiary/aromatic N) is 5. The van der Waals surface area contributed by atoms with E-state index in [9.17, 15) is 18.8 Å². The standard InChI is InChI=1S/C33H33ClFN7O4S/c1-46-32(44)28-26(38-30(31-36-10-13-47-31)39-29(28)24-9-4-20(35)15-25(24)34)18-40-11-12-41-23(16-40)17-42(33(41)45)22-7-2-19(3-8-22)14-27(43)37-21-5-6-21/h2-4,7-10,13,15,21,23,29H,5-6,11-12,14,16-18H2,1H3,(H,37,43)(H,38,39)/t23-,29-/m0/s1. The number of aromatic nitrogens is 1. The number of methoxy groups -OCH3 is 1. The van der Waals surface area contributed by atoms with Gasteiger partial charge in [-0.1, -0.05) is 29.8 Å². The van der Waals surface area contributed by atoms with Crippen LogP contribution in [0.3, 0.4) is 0 Å². The number of carbonyl (C=O) groups is 3. The first-order chi connectivity index (χ1) is 22.8. The number of rotatable bonds is 9. The summed E-state index contributed by atoms with van der Waals surface area (Å²) in [5.74, 6) is -0.577. The van der Waals surface area contributed by atoms with Crippen LogP contribution < -0.4 is 15.5 Å². The first-order valence-electron chi connectivity index (χ1n) is 15.5. The lowest BCUT2D eigenvalue weighted by Gasteiger charge is -2.38. The van der Waals surface area contributed by atoms with Crippen LogP contribution in [0.5, 0.6) is 0 Å². The van der Waals surface area contributed by atoms with Crippen LogP contribution in [0.15, 0.2) is 70.3 Å². The van der Waals surface area contributed by atoms with Gasteiger partial charge >= 0.3 is 12.0 Å². The molecule has 1 saturated carbocycles. The molecular formula is C33H33ClFN7O4S. The van der Waals surface area contributed by atoms with Crippen LogP contribution in [0.1, 0.15) is 35.0 Å². The van der Waals surface area contributed by atoms with Crippen molar-refractivity contribution in [3.63, 3.8) is 0 Å². The molecule has 2 atom stereocenters. The third-order valence-electron chi connectivity index (χ3n) is 8.80. The fourth-order valence-corrected chi connectivity index (χ4v) is 7.17. The lowest BCUT2D eigenvalue weighted by Crippen LogP contribution is -2.53. The Labute approximate surface area is 280 Å². The second kappa shape index (κ2) is 13.1. The molecule has 3 aliphatic heterocycles. The number of hydrogen-bond donors (Lipinski definition) is 2. The number of anilines is 1. The van der Waals surface area contributed by atoms with Gasteiger partial charge in [-0.2, -0.15) is 0 Å². The third-order valence-corrected chi connectivity index (χ3v) is 9.90. The van der Waals surface area contributed by atoms with Crippen molar-refractivity contribution >= 4 is 52.4 Å². The van der Waals surface area contributed by atoms with Gasteiger partial charge in [0.25, 0.3) is 0 Å². The average Bonchev–Trinajstić information content (AvgIpc) is 3.56. The zero-order valence-corrected chi connectivity index (χ0v) is 27.2. The van der Waals surface area contributed by atoms with Gasteiger partial charge in [0.2, 0.25) is 5.91 Å². The Kier molecular flexibility index (Phi) is 8.69. The highest BCUT2D eigenvalue weighted by Gasteiger charge is 2.42. The quantitative estimate of drug-likeness (QED) is 0.330. The number of esters is 1. The molecule has 3 fully saturated rings. The highest BCUT2D eigenvalue weighted by molar-refractivity contribution is 7.11. The number of urea groups is 1. The molecule has 2 saturated heterocycles. The molecule has 14 heteroatoms. The van der Waals surface area contributed by atoms with Gasteiger partial charge in [-0.15, -0.1) is 11.3 Å². The van der Waals surface area contributed by atoms with E-state index in [0.29, 0.717) is 67.3 Å². The van der Waals surface area contributed by atoms with Crippen molar-refractivity contribution in [2.45, 2.75) is 37.4 Å². The van der Waals surface area contributed by atoms with E-state index in [1.165, 1.54) is 36.6 Å². The maximum absolute atomic E-state index is 14.0. The highest BCUT2D eigenvalue weighted by Crippen LogP contribution is 2.37. The van der Waals surface area contributed by atoms with Crippen molar-refractivity contribution in [3.8, 4) is 0 Å². The fraction of sp³-hybridized carbons (Fsp3) is 0.364. The van der Waals surface area contributed by atoms with E-state index in [0.717, 1.165) is 24.1 Å². The molecule has 1 aliphatic carbocycles. The van der Waals surface area contributed by atoms with Gasteiger partial charge in [-0.05, 0) is 42.7 Å². The normalized spacial score (nSPS) is 21.3. The fourth-order valence-electron chi connectivity index (χ4n) is 6.31. The summed E-state index contributed by atoms with van der Waals surface area (Å²) in [5, 5.41) is 8.95. The minimum absolute atomic E-state index is 0.0183. The molecule has 244 valence electrons. The highest BCUT2D eigenvalue weighted by atomic mass is 35.5. The number of piperazine rings is 1. The predicted molar refractivity (Wildman–Crippen MR) is 176 cm³/mol. The van der Waals surface area contributed by atoms with Crippen molar-refractivity contribution in [2.24, 2.45) is 4.99 Å². The number of aliphatic imine (C=N–C) groups is 1. The smallest absolute Gasteiger partial charge is 0.338 e. The van der Waals surface area contributed by atoms with Crippen molar-refractivity contribution in [2.75, 3.05) is 44.7 Å². The third kappa shape index (κ3) is 6.60. The molecule has 0 radical (unpaired) electrons. The number of ether oxygens (including phenoxy) is 1. The van der Waals surface area contributed by atoms with Gasteiger partial charge < -0.3 is 20.3 Å². The Morgan fingerprint density at radius 2 is 1.96 bits per heavy atom. The molecule has 4 heterocycles. The predicted octanol–water partition coefficient (Wildman–Crippen LogP) is 3.90. The lowest BCUT2D eigenvalue weighted by atomic mass is 9.95. The van der Waals surface area contributed by atoms with E-state index in [1.807, 2.05) is 34.5 Å². The molecule has 7 rings (SSSR count). The number of nitrogens with one attached hydrogen (secondary N) is 2. The number of amides is 3. The largest absolute Gasteiger partial charge is 0.466 e. The minimum atomic E-state index is -0.849. The van der Waals surface area contributed by atoms with Gasteiger partial charge in [0.15, 0.2) is 10.8 Å². The second-order valence-electron chi connectivity index (χ2n) is 12.1. The zero-order valence-electron chi connectivity index (χ0n) is 25.6. The number of benzene rings is 2. The monoisotopic (exact) mass is 677 g/mol. The summed E-state index contributed by atoms with van der Waals surface area (Å²) < 4.78 is 19.2. The number of carbonyl (C=O) groups excluding carboxylic acids is 3. The molecule has 2 N–H and O–H groups in total. The number of thiazole rings is 1. The minimum Gasteiger partial charge on any atom is -0.466 e. The van der Waals surface area contributed by atoms with Crippen molar-refractivity contribution < 1.29 is 23.5 Å². The molecule has 4 aliphatic rings. The summed E-state index contributed by atoms with van der Waals surface area (Å²) in [6.07, 6.45) is 4.08. The molecule has 0 bridgehead atoms. The molecule has 0 unspecified atom stereocenters. The number of amidine groups is 1. The topological polar surface area (TPSA) is 119 Å².